The molecule has 0 fully saturated rings. The zero-order valence-electron chi connectivity index (χ0n) is 7.11. The van der Waals surface area contributed by atoms with E-state index in [1.807, 2.05) is 6.92 Å². The van der Waals surface area contributed by atoms with Crippen LogP contribution in [0.4, 0.5) is 0 Å². The molecule has 0 radical (unpaired) electrons. The number of allylic oxidation sites excluding steroid dienone is 1. The van der Waals surface area contributed by atoms with Gasteiger partial charge in [0.15, 0.2) is 0 Å². The maximum absolute atomic E-state index is 10.8. The van der Waals surface area contributed by atoms with Gasteiger partial charge in [-0.1, -0.05) is 26.0 Å². The first-order chi connectivity index (χ1) is 4.57. The van der Waals surface area contributed by atoms with E-state index in [0.717, 1.165) is 12.8 Å². The Morgan fingerprint density at radius 2 is 2.10 bits per heavy atom. The van der Waals surface area contributed by atoms with Crippen molar-refractivity contribution in [3.63, 3.8) is 0 Å². The third-order valence-corrected chi connectivity index (χ3v) is 1.79. The average molecular weight is 140 g/mol. The highest BCUT2D eigenvalue weighted by Crippen LogP contribution is 2.12. The summed E-state index contributed by atoms with van der Waals surface area (Å²) in [6.07, 6.45) is 1.84. The van der Waals surface area contributed by atoms with Crippen LogP contribution < -0.4 is 0 Å². The molecule has 1 nitrogen and oxygen atoms in total. The Hall–Kier alpha value is -0.590. The molecule has 0 aromatic carbocycles. The maximum Gasteiger partial charge on any atom is 0.132 e. The topological polar surface area (TPSA) is 17.1 Å². The SMILES string of the molecule is C=C(CC)CC(C)C(C)=O. The zero-order chi connectivity index (χ0) is 8.15. The van der Waals surface area contributed by atoms with Gasteiger partial charge in [0.2, 0.25) is 0 Å². The van der Waals surface area contributed by atoms with E-state index in [9.17, 15) is 4.79 Å². The van der Waals surface area contributed by atoms with Crippen molar-refractivity contribution >= 4 is 5.78 Å². The second-order valence-corrected chi connectivity index (χ2v) is 2.82. The fourth-order valence-electron chi connectivity index (χ4n) is 0.721. The fraction of sp³-hybridized carbons (Fsp3) is 0.667. The van der Waals surface area contributed by atoms with Crippen LogP contribution in [-0.2, 0) is 4.79 Å². The first kappa shape index (κ1) is 9.41. The van der Waals surface area contributed by atoms with Crippen molar-refractivity contribution in [2.45, 2.75) is 33.6 Å². The van der Waals surface area contributed by atoms with E-state index >= 15 is 0 Å². The van der Waals surface area contributed by atoms with Crippen molar-refractivity contribution in [1.82, 2.24) is 0 Å². The highest BCUT2D eigenvalue weighted by atomic mass is 16.1. The molecule has 58 valence electrons. The van der Waals surface area contributed by atoms with Crippen LogP contribution >= 0.6 is 0 Å². The van der Waals surface area contributed by atoms with Crippen LogP contribution in [0.2, 0.25) is 0 Å². The average Bonchev–Trinajstić information content (AvgIpc) is 1.87. The summed E-state index contributed by atoms with van der Waals surface area (Å²) in [5.74, 6) is 0.419. The molecule has 0 aliphatic heterocycles. The molecule has 0 spiro atoms. The normalized spacial score (nSPS) is 12.7. The van der Waals surface area contributed by atoms with Gasteiger partial charge in [-0.25, -0.2) is 0 Å². The fourth-order valence-corrected chi connectivity index (χ4v) is 0.721. The maximum atomic E-state index is 10.8. The quantitative estimate of drug-likeness (QED) is 0.548. The van der Waals surface area contributed by atoms with E-state index < -0.39 is 0 Å². The number of hydrogen-bond donors (Lipinski definition) is 0. The third kappa shape index (κ3) is 3.44. The predicted octanol–water partition coefficient (Wildman–Crippen LogP) is 2.57. The first-order valence-electron chi connectivity index (χ1n) is 3.75. The van der Waals surface area contributed by atoms with Crippen molar-refractivity contribution in [2.24, 2.45) is 5.92 Å². The van der Waals surface area contributed by atoms with Gasteiger partial charge in [0, 0.05) is 5.92 Å². The Balaban J connectivity index is 3.68. The van der Waals surface area contributed by atoms with Gasteiger partial charge in [-0.2, -0.15) is 0 Å². The highest BCUT2D eigenvalue weighted by molar-refractivity contribution is 5.78. The molecule has 1 atom stereocenters. The van der Waals surface area contributed by atoms with Crippen LogP contribution in [0.25, 0.3) is 0 Å². The molecule has 0 aromatic rings. The summed E-state index contributed by atoms with van der Waals surface area (Å²) >= 11 is 0. The Morgan fingerprint density at radius 1 is 1.60 bits per heavy atom. The first-order valence-corrected chi connectivity index (χ1v) is 3.75. The van der Waals surface area contributed by atoms with E-state index in [1.165, 1.54) is 5.57 Å². The second-order valence-electron chi connectivity index (χ2n) is 2.82. The summed E-state index contributed by atoms with van der Waals surface area (Å²) in [5, 5.41) is 0. The molecule has 0 N–H and O–H groups in total. The molecule has 0 saturated carbocycles. The molecule has 0 rings (SSSR count). The van der Waals surface area contributed by atoms with Gasteiger partial charge in [0.05, 0.1) is 0 Å². The van der Waals surface area contributed by atoms with Gasteiger partial charge in [-0.15, -0.1) is 0 Å². The lowest BCUT2D eigenvalue weighted by Crippen LogP contribution is -2.06. The molecule has 1 heteroatoms. The minimum absolute atomic E-state index is 0.160. The third-order valence-electron chi connectivity index (χ3n) is 1.79. The molecule has 0 heterocycles. The van der Waals surface area contributed by atoms with Crippen LogP contribution in [0.1, 0.15) is 33.6 Å². The van der Waals surface area contributed by atoms with Gasteiger partial charge < -0.3 is 0 Å². The Kier molecular flexibility index (Phi) is 4.01. The molecule has 0 aromatic heterocycles. The van der Waals surface area contributed by atoms with Crippen LogP contribution in [0.15, 0.2) is 12.2 Å². The molecule has 0 aliphatic carbocycles. The van der Waals surface area contributed by atoms with Crippen LogP contribution in [-0.4, -0.2) is 5.78 Å². The molecule has 0 bridgehead atoms. The molecular formula is C9H16O. The monoisotopic (exact) mass is 140 g/mol. The molecule has 10 heavy (non-hydrogen) atoms. The molecule has 0 aliphatic rings. The standard InChI is InChI=1S/C9H16O/c1-5-7(2)6-8(3)9(4)10/h8H,2,5-6H2,1,3-4H3. The van der Waals surface area contributed by atoms with Gasteiger partial charge in [-0.05, 0) is 19.8 Å². The van der Waals surface area contributed by atoms with Crippen molar-refractivity contribution < 1.29 is 4.79 Å². The smallest absolute Gasteiger partial charge is 0.132 e. The number of carbonyl (C=O) groups is 1. The molecular weight excluding hydrogens is 124 g/mol. The Bertz CT molecular complexity index is 136. The van der Waals surface area contributed by atoms with E-state index in [-0.39, 0.29) is 11.7 Å². The largest absolute Gasteiger partial charge is 0.300 e. The van der Waals surface area contributed by atoms with Crippen LogP contribution in [0.5, 0.6) is 0 Å². The number of Topliss-reactive ketones (excluding diaryl/α,β-unsaturated/α-hetero) is 1. The van der Waals surface area contributed by atoms with Crippen molar-refractivity contribution in [3.8, 4) is 0 Å². The summed E-state index contributed by atoms with van der Waals surface area (Å²) in [7, 11) is 0. The summed E-state index contributed by atoms with van der Waals surface area (Å²) in [6.45, 7) is 9.49. The van der Waals surface area contributed by atoms with E-state index in [1.54, 1.807) is 6.92 Å². The number of ketones is 1. The van der Waals surface area contributed by atoms with E-state index in [0.29, 0.717) is 0 Å². The van der Waals surface area contributed by atoms with Crippen molar-refractivity contribution in [1.29, 1.82) is 0 Å². The van der Waals surface area contributed by atoms with E-state index in [2.05, 4.69) is 13.5 Å². The van der Waals surface area contributed by atoms with Gasteiger partial charge in [0.1, 0.15) is 5.78 Å². The van der Waals surface area contributed by atoms with Crippen molar-refractivity contribution in [2.75, 3.05) is 0 Å². The van der Waals surface area contributed by atoms with E-state index in [4.69, 9.17) is 0 Å². The summed E-state index contributed by atoms with van der Waals surface area (Å²) in [6, 6.07) is 0. The van der Waals surface area contributed by atoms with Crippen LogP contribution in [0, 0.1) is 5.92 Å². The lowest BCUT2D eigenvalue weighted by Gasteiger charge is -2.07. The summed E-state index contributed by atoms with van der Waals surface area (Å²) in [4.78, 5) is 10.8. The molecule has 0 saturated heterocycles. The Labute approximate surface area is 63.1 Å². The van der Waals surface area contributed by atoms with Gasteiger partial charge >= 0.3 is 0 Å². The predicted molar refractivity (Wildman–Crippen MR) is 43.9 cm³/mol. The minimum atomic E-state index is 0.160. The molecule has 0 amide bonds. The lowest BCUT2D eigenvalue weighted by atomic mass is 9.98. The Morgan fingerprint density at radius 3 is 2.40 bits per heavy atom. The minimum Gasteiger partial charge on any atom is -0.300 e. The number of hydrogen-bond acceptors (Lipinski definition) is 1. The number of carbonyl (C=O) groups excluding carboxylic acids is 1. The summed E-state index contributed by atoms with van der Waals surface area (Å²) in [5.41, 5.74) is 1.17. The second kappa shape index (κ2) is 4.26. The van der Waals surface area contributed by atoms with Gasteiger partial charge in [0.25, 0.3) is 0 Å². The van der Waals surface area contributed by atoms with Crippen LogP contribution in [0.3, 0.4) is 0 Å². The zero-order valence-corrected chi connectivity index (χ0v) is 7.11. The van der Waals surface area contributed by atoms with Crippen molar-refractivity contribution in [3.05, 3.63) is 12.2 Å². The summed E-state index contributed by atoms with van der Waals surface area (Å²) < 4.78 is 0. The highest BCUT2D eigenvalue weighted by Gasteiger charge is 2.07. The number of rotatable bonds is 4. The molecule has 1 unspecified atom stereocenters. The van der Waals surface area contributed by atoms with Gasteiger partial charge in [-0.3, -0.25) is 4.79 Å². The lowest BCUT2D eigenvalue weighted by molar-refractivity contribution is -0.120.